The van der Waals surface area contributed by atoms with Gasteiger partial charge in [-0.15, -0.1) is 0 Å². The Labute approximate surface area is 96.3 Å². The SMILES string of the molecule is CCCOc1cc2c(cc1CCC)OCO2. The first-order valence-corrected chi connectivity index (χ1v) is 5.90. The predicted molar refractivity (Wildman–Crippen MR) is 62.3 cm³/mol. The van der Waals surface area contributed by atoms with Crippen LogP contribution in [0.15, 0.2) is 12.1 Å². The monoisotopic (exact) mass is 222 g/mol. The fourth-order valence-electron chi connectivity index (χ4n) is 1.78. The van der Waals surface area contributed by atoms with Crippen LogP contribution in [0.3, 0.4) is 0 Å². The molecule has 3 nitrogen and oxygen atoms in total. The van der Waals surface area contributed by atoms with Gasteiger partial charge in [-0.1, -0.05) is 20.3 Å². The third-order valence-electron chi connectivity index (χ3n) is 2.54. The second-order valence-electron chi connectivity index (χ2n) is 3.91. The van der Waals surface area contributed by atoms with E-state index in [2.05, 4.69) is 13.8 Å². The molecule has 3 heteroatoms. The summed E-state index contributed by atoms with van der Waals surface area (Å²) in [5.74, 6) is 2.58. The van der Waals surface area contributed by atoms with Crippen molar-refractivity contribution in [3.8, 4) is 17.2 Å². The number of benzene rings is 1. The van der Waals surface area contributed by atoms with Gasteiger partial charge in [-0.25, -0.2) is 0 Å². The molecule has 0 atom stereocenters. The van der Waals surface area contributed by atoms with Gasteiger partial charge in [0.1, 0.15) is 5.75 Å². The molecule has 0 spiro atoms. The summed E-state index contributed by atoms with van der Waals surface area (Å²) in [7, 11) is 0. The number of hydrogen-bond donors (Lipinski definition) is 0. The van der Waals surface area contributed by atoms with Crippen LogP contribution in [0.5, 0.6) is 17.2 Å². The van der Waals surface area contributed by atoms with Crippen LogP contribution >= 0.6 is 0 Å². The van der Waals surface area contributed by atoms with Crippen molar-refractivity contribution in [1.82, 2.24) is 0 Å². The third-order valence-corrected chi connectivity index (χ3v) is 2.54. The van der Waals surface area contributed by atoms with Crippen molar-refractivity contribution in [2.45, 2.75) is 33.1 Å². The number of aryl methyl sites for hydroxylation is 1. The van der Waals surface area contributed by atoms with Crippen LogP contribution in [0, 0.1) is 0 Å². The molecule has 0 unspecified atom stereocenters. The van der Waals surface area contributed by atoms with E-state index in [9.17, 15) is 0 Å². The van der Waals surface area contributed by atoms with Crippen molar-refractivity contribution < 1.29 is 14.2 Å². The van der Waals surface area contributed by atoms with Gasteiger partial charge in [0.15, 0.2) is 11.5 Å². The summed E-state index contributed by atoms with van der Waals surface area (Å²) >= 11 is 0. The Bertz CT molecular complexity index is 360. The van der Waals surface area contributed by atoms with Crippen LogP contribution in [0.25, 0.3) is 0 Å². The standard InChI is InChI=1S/C13H18O3/c1-3-5-10-7-12-13(16-9-15-12)8-11(10)14-6-4-2/h7-8H,3-6,9H2,1-2H3. The lowest BCUT2D eigenvalue weighted by molar-refractivity contribution is 0.173. The Balaban J connectivity index is 2.25. The summed E-state index contributed by atoms with van der Waals surface area (Å²) in [5, 5.41) is 0. The van der Waals surface area contributed by atoms with Crippen molar-refractivity contribution >= 4 is 0 Å². The minimum absolute atomic E-state index is 0.318. The molecule has 0 bridgehead atoms. The van der Waals surface area contributed by atoms with E-state index >= 15 is 0 Å². The molecule has 2 rings (SSSR count). The summed E-state index contributed by atoms with van der Waals surface area (Å²) in [6, 6.07) is 3.99. The normalized spacial score (nSPS) is 12.9. The maximum atomic E-state index is 5.73. The molecule has 0 saturated carbocycles. The number of fused-ring (bicyclic) bond motifs is 1. The van der Waals surface area contributed by atoms with E-state index in [4.69, 9.17) is 14.2 Å². The van der Waals surface area contributed by atoms with E-state index in [0.29, 0.717) is 6.79 Å². The maximum absolute atomic E-state index is 5.73. The Morgan fingerprint density at radius 2 is 1.88 bits per heavy atom. The zero-order valence-corrected chi connectivity index (χ0v) is 9.91. The summed E-state index contributed by atoms with van der Waals surface area (Å²) in [4.78, 5) is 0. The average Bonchev–Trinajstić information content (AvgIpc) is 2.73. The maximum Gasteiger partial charge on any atom is 0.231 e. The third kappa shape index (κ3) is 2.23. The zero-order valence-electron chi connectivity index (χ0n) is 9.91. The Hall–Kier alpha value is -1.38. The lowest BCUT2D eigenvalue weighted by atomic mass is 10.1. The van der Waals surface area contributed by atoms with Crippen molar-refractivity contribution in [3.05, 3.63) is 17.7 Å². The summed E-state index contributed by atoms with van der Waals surface area (Å²) in [6.45, 7) is 5.33. The first-order valence-electron chi connectivity index (χ1n) is 5.90. The second kappa shape index (κ2) is 5.10. The fraction of sp³-hybridized carbons (Fsp3) is 0.538. The van der Waals surface area contributed by atoms with Gasteiger partial charge in [-0.05, 0) is 24.5 Å². The van der Waals surface area contributed by atoms with Gasteiger partial charge in [0.2, 0.25) is 6.79 Å². The minimum atomic E-state index is 0.318. The molecule has 0 amide bonds. The number of rotatable bonds is 5. The summed E-state index contributed by atoms with van der Waals surface area (Å²) in [5.41, 5.74) is 1.21. The topological polar surface area (TPSA) is 27.7 Å². The predicted octanol–water partition coefficient (Wildman–Crippen LogP) is 3.16. The van der Waals surface area contributed by atoms with Crippen molar-refractivity contribution in [2.24, 2.45) is 0 Å². The van der Waals surface area contributed by atoms with Gasteiger partial charge in [-0.2, -0.15) is 0 Å². The molecule has 1 aromatic carbocycles. The highest BCUT2D eigenvalue weighted by atomic mass is 16.7. The molecule has 0 saturated heterocycles. The van der Waals surface area contributed by atoms with Crippen molar-refractivity contribution in [3.63, 3.8) is 0 Å². The Morgan fingerprint density at radius 1 is 1.12 bits per heavy atom. The van der Waals surface area contributed by atoms with E-state index in [0.717, 1.165) is 43.1 Å². The highest BCUT2D eigenvalue weighted by Gasteiger charge is 2.17. The molecule has 1 heterocycles. The van der Waals surface area contributed by atoms with Crippen LogP contribution in [0.1, 0.15) is 32.3 Å². The number of ether oxygens (including phenoxy) is 3. The molecule has 0 N–H and O–H groups in total. The highest BCUT2D eigenvalue weighted by molar-refractivity contribution is 5.51. The van der Waals surface area contributed by atoms with Gasteiger partial charge in [0.25, 0.3) is 0 Å². The van der Waals surface area contributed by atoms with Gasteiger partial charge in [0, 0.05) is 6.07 Å². The molecular formula is C13H18O3. The van der Waals surface area contributed by atoms with E-state index < -0.39 is 0 Å². The molecule has 0 radical (unpaired) electrons. The molecule has 0 aliphatic carbocycles. The van der Waals surface area contributed by atoms with Crippen LogP contribution in [0.4, 0.5) is 0 Å². The van der Waals surface area contributed by atoms with Gasteiger partial charge >= 0.3 is 0 Å². The van der Waals surface area contributed by atoms with E-state index in [-0.39, 0.29) is 0 Å². The van der Waals surface area contributed by atoms with E-state index in [1.165, 1.54) is 5.56 Å². The second-order valence-corrected chi connectivity index (χ2v) is 3.91. The van der Waals surface area contributed by atoms with Crippen molar-refractivity contribution in [1.29, 1.82) is 0 Å². The molecule has 1 aliphatic rings. The van der Waals surface area contributed by atoms with Crippen LogP contribution in [-0.4, -0.2) is 13.4 Å². The van der Waals surface area contributed by atoms with Gasteiger partial charge in [0.05, 0.1) is 6.61 Å². The quantitative estimate of drug-likeness (QED) is 0.766. The first-order chi connectivity index (χ1) is 7.85. The van der Waals surface area contributed by atoms with Gasteiger partial charge < -0.3 is 14.2 Å². The Kier molecular flexibility index (Phi) is 3.54. The van der Waals surface area contributed by atoms with E-state index in [1.807, 2.05) is 12.1 Å². The van der Waals surface area contributed by atoms with Crippen LogP contribution < -0.4 is 14.2 Å². The van der Waals surface area contributed by atoms with Gasteiger partial charge in [-0.3, -0.25) is 0 Å². The number of hydrogen-bond acceptors (Lipinski definition) is 3. The minimum Gasteiger partial charge on any atom is -0.493 e. The summed E-state index contributed by atoms with van der Waals surface area (Å²) in [6.07, 6.45) is 3.12. The molecule has 1 aliphatic heterocycles. The molecular weight excluding hydrogens is 204 g/mol. The van der Waals surface area contributed by atoms with Crippen LogP contribution in [-0.2, 0) is 6.42 Å². The van der Waals surface area contributed by atoms with Crippen molar-refractivity contribution in [2.75, 3.05) is 13.4 Å². The molecule has 1 aromatic rings. The summed E-state index contributed by atoms with van der Waals surface area (Å²) < 4.78 is 16.4. The fourth-order valence-corrected chi connectivity index (χ4v) is 1.78. The lowest BCUT2D eigenvalue weighted by Gasteiger charge is -2.11. The largest absolute Gasteiger partial charge is 0.493 e. The Morgan fingerprint density at radius 3 is 2.56 bits per heavy atom. The molecule has 88 valence electrons. The lowest BCUT2D eigenvalue weighted by Crippen LogP contribution is -1.99. The van der Waals surface area contributed by atoms with Crippen LogP contribution in [0.2, 0.25) is 0 Å². The zero-order chi connectivity index (χ0) is 11.4. The van der Waals surface area contributed by atoms with E-state index in [1.54, 1.807) is 0 Å². The smallest absolute Gasteiger partial charge is 0.231 e. The average molecular weight is 222 g/mol. The first kappa shape index (κ1) is 11.1. The highest BCUT2D eigenvalue weighted by Crippen LogP contribution is 2.38. The molecule has 0 aromatic heterocycles. The molecule has 16 heavy (non-hydrogen) atoms. The molecule has 0 fully saturated rings.